The third kappa shape index (κ3) is 12.9. The summed E-state index contributed by atoms with van der Waals surface area (Å²) in [7, 11) is 10.7. The van der Waals surface area contributed by atoms with Crippen molar-refractivity contribution in [1.82, 2.24) is 34.6 Å². The first kappa shape index (κ1) is 90.7. The number of carbonyl (C=O) groups is 6. The van der Waals surface area contributed by atoms with Crippen LogP contribution in [0, 0.1) is 23.2 Å². The van der Waals surface area contributed by atoms with E-state index in [4.69, 9.17) is 71.1 Å². The average molecular weight is 1880 g/mol. The summed E-state index contributed by atoms with van der Waals surface area (Å²) >= 11 is 0. The van der Waals surface area contributed by atoms with Gasteiger partial charge in [-0.1, -0.05) is 80.6 Å². The summed E-state index contributed by atoms with van der Waals surface area (Å²) in [6.45, 7) is 12.8. The molecule has 15 heterocycles. The largest absolute Gasteiger partial charge is 0.502 e. The maximum atomic E-state index is 15.3. The standard InChI is InChI=1S/C46H56N4O10.C29H32O13.C28H26N4O3/c1-7-42(55)22-28-23-45(40(53)58-5,36-30(14-18-48(24-28)25-42)29-12-9-10-13-33(29)47-36)32-20-31-34(21-35(32)57-4)50(26-51)38-44(31)16-19-49-17-11-15-43(8-2,37(44)49)39(60-27(3)52)46(38,56)41(54)59-6;1-11-36-9-20-27(40-11)24(31)25(32)29(41-20)42-26-14-7-17-16(38-10-39-17)6-13(14)21(22-15(26)8-37-28(22)33)12-4-18(34-2)23(30)19(5-12)35-3;1-28-26(34-3)17(29-2)12-20(35-28)31-18-10-6-4-8-14(18)22-23-16(13-30-27(23)33)21-15-9-5-7-11-19(15)32(28)25(21)24(22)31/h9-13,15,20-21,26,28,37-39,47,55-56H,7-8,14,16-19,22-25H2,1-6H3;4-7,11,15,20-22,24-27,29-32H,8-10H2,1-3H3;4-11,17,20,26,29H,12-13H2,1-3H3,(H,30,33)/t28-,37+,38-,39-,42+,43-,44-,45+,46+;11-,15?,20-,21-,22+,24-,25-,26?,27-,29+;17-,20-,26-,28+/m110/s1. The predicted molar refractivity (Wildman–Crippen MR) is 495 cm³/mol. The van der Waals surface area contributed by atoms with Crippen LogP contribution in [0.3, 0.4) is 0 Å². The van der Waals surface area contributed by atoms with Gasteiger partial charge in [0.05, 0.1) is 106 Å². The summed E-state index contributed by atoms with van der Waals surface area (Å²) in [5, 5.41) is 69.8. The van der Waals surface area contributed by atoms with E-state index in [0.717, 1.165) is 77.6 Å². The Morgan fingerprint density at radius 1 is 0.752 bits per heavy atom. The first-order valence-electron chi connectivity index (χ1n) is 47.3. The predicted octanol–water partition coefficient (Wildman–Crippen LogP) is 9.21. The zero-order valence-corrected chi connectivity index (χ0v) is 78.3. The number of hydrogen-bond acceptors (Lipinski definition) is 29. The highest BCUT2D eigenvalue weighted by molar-refractivity contribution is 6.31. The van der Waals surface area contributed by atoms with Crippen LogP contribution in [0.4, 0.5) is 5.69 Å². The number of anilines is 1. The molecule has 7 aromatic carbocycles. The molecule has 4 bridgehead atoms. The van der Waals surface area contributed by atoms with Crippen molar-refractivity contribution < 1.29 is 125 Å². The number of cyclic esters (lactones) is 1. The zero-order chi connectivity index (χ0) is 95.5. The number of benzene rings is 7. The number of ether oxygens (including phenoxy) is 15. The van der Waals surface area contributed by atoms with Crippen LogP contribution < -0.4 is 39.2 Å². The molecule has 137 heavy (non-hydrogen) atoms. The molecule has 8 N–H and O–H groups in total. The Morgan fingerprint density at radius 3 is 2.15 bits per heavy atom. The van der Waals surface area contributed by atoms with Gasteiger partial charge in [-0.15, -0.1) is 0 Å². The summed E-state index contributed by atoms with van der Waals surface area (Å²) in [6.07, 6.45) is -0.628. The Bertz CT molecular complexity index is 6640. The fourth-order valence-electron chi connectivity index (χ4n) is 27.4. The van der Waals surface area contributed by atoms with Gasteiger partial charge in [0, 0.05) is 138 Å². The fraction of sp³-hybridized carbons (Fsp3) is 0.495. The van der Waals surface area contributed by atoms with Gasteiger partial charge in [0.25, 0.3) is 5.91 Å². The number of fused-ring (bicyclic) bond motifs is 23. The molecule has 10 aromatic rings. The normalized spacial score (nSPS) is 34.1. The summed E-state index contributed by atoms with van der Waals surface area (Å²) in [5.74, 6) is -3.09. The van der Waals surface area contributed by atoms with Crippen molar-refractivity contribution in [3.63, 3.8) is 0 Å². The third-order valence-electron chi connectivity index (χ3n) is 32.8. The van der Waals surface area contributed by atoms with Crippen molar-refractivity contribution in [1.29, 1.82) is 0 Å². The molecule has 3 unspecified atom stereocenters. The molecule has 24 atom stereocenters. The minimum Gasteiger partial charge on any atom is -0.502 e. The van der Waals surface area contributed by atoms with Gasteiger partial charge >= 0.3 is 23.9 Å². The van der Waals surface area contributed by atoms with E-state index in [2.05, 4.69) is 96.1 Å². The number of methoxy groups -OCH3 is 6. The number of aromatic hydroxyl groups is 1. The summed E-state index contributed by atoms with van der Waals surface area (Å²) in [6, 6.07) is 33.9. The number of rotatable bonds is 15. The number of aromatic nitrogens is 3. The van der Waals surface area contributed by atoms with Crippen molar-refractivity contribution in [2.24, 2.45) is 23.2 Å². The topological polar surface area (TPSA) is 401 Å². The molecule has 0 radical (unpaired) electrons. The number of aromatic amines is 1. The van der Waals surface area contributed by atoms with Gasteiger partial charge in [0.2, 0.25) is 24.6 Å². The number of para-hydroxylation sites is 3. The number of esters is 4. The number of aliphatic hydroxyl groups is 4. The lowest BCUT2D eigenvalue weighted by molar-refractivity contribution is -0.364. The third-order valence-corrected chi connectivity index (χ3v) is 32.8. The molecule has 1 spiro atoms. The molecule has 2 amide bonds. The number of carbonyl (C=O) groups excluding carboxylic acids is 6. The lowest BCUT2D eigenvalue weighted by Crippen LogP contribution is -2.81. The van der Waals surface area contributed by atoms with Gasteiger partial charge in [0.1, 0.15) is 47.9 Å². The smallest absolute Gasteiger partial charge is 0.344 e. The minimum atomic E-state index is -2.53. The first-order valence-corrected chi connectivity index (χ1v) is 47.3. The molecular formula is C103H114N8O26. The second-order valence-electron chi connectivity index (χ2n) is 39.2. The van der Waals surface area contributed by atoms with Crippen molar-refractivity contribution in [3.8, 4) is 34.5 Å². The highest BCUT2D eigenvalue weighted by Gasteiger charge is 2.81. The van der Waals surface area contributed by atoms with Crippen molar-refractivity contribution in [2.45, 2.75) is 199 Å². The maximum absolute atomic E-state index is 15.3. The molecule has 2 aliphatic carbocycles. The summed E-state index contributed by atoms with van der Waals surface area (Å²) in [4.78, 5) is 92.8. The highest BCUT2D eigenvalue weighted by atomic mass is 16.8. The van der Waals surface area contributed by atoms with Gasteiger partial charge in [-0.3, -0.25) is 33.8 Å². The number of nitrogens with one attached hydrogen (secondary N) is 3. The van der Waals surface area contributed by atoms with E-state index in [1.165, 1.54) is 47.4 Å². The Kier molecular flexibility index (Phi) is 22.1. The van der Waals surface area contributed by atoms with Gasteiger partial charge in [-0.05, 0) is 154 Å². The Hall–Kier alpha value is -11.5. The molecule has 34 heteroatoms. The quantitative estimate of drug-likeness (QED) is 0.0205. The number of likely N-dealkylation sites (N-methyl/N-ethyl adjacent to an activating group) is 1. The van der Waals surface area contributed by atoms with Crippen LogP contribution in [0.15, 0.2) is 121 Å². The monoisotopic (exact) mass is 1880 g/mol. The van der Waals surface area contributed by atoms with Crippen molar-refractivity contribution in [2.75, 3.05) is 107 Å². The number of phenols is 1. The maximum Gasteiger partial charge on any atom is 0.344 e. The molecule has 1 saturated carbocycles. The van der Waals surface area contributed by atoms with Crippen LogP contribution in [-0.2, 0) is 101 Å². The summed E-state index contributed by atoms with van der Waals surface area (Å²) < 4.78 is 93.2. The zero-order valence-electron chi connectivity index (χ0n) is 78.3. The molecule has 34 nitrogen and oxygen atoms in total. The number of hydrogen-bond donors (Lipinski definition) is 8. The SMILES string of the molecule is CC[C@]1(O)C[C@H]2CN(CCc3c([nH]c4ccccc34)[C@@](C(=O)OC)(c3cc4c(cc3OC)N(C=O)[C@H]3[C@@](O)(C(=O)OC)[C@H](OC(C)=O)[C@]5(CC)C=CCN6CC[C@]43[C@@H]65)C2)C1.CN[C@H]1C[C@@H]2O[C@](C)([C@H]1OC)n1c3ccccc3c3c4c(c5c6ccccc6n2c5c31)C(=O)NC4.COc1cc([C@@H]2c3cc4c(cc3C(O[C@@H]3O[C@@H]5CO[C@@H](C)O[C@H]5[C@H](O)[C@H]3O)C3COC(=O)[C@@H]32)OCO4)cc(OC)c1O. The van der Waals surface area contributed by atoms with E-state index in [1.807, 2.05) is 57.3 Å². The van der Waals surface area contributed by atoms with Crippen LogP contribution >= 0.6 is 0 Å². The van der Waals surface area contributed by atoms with E-state index in [1.54, 1.807) is 44.4 Å². The number of aliphatic hydroxyl groups excluding tert-OH is 2. The highest BCUT2D eigenvalue weighted by Crippen LogP contribution is 2.70. The van der Waals surface area contributed by atoms with Crippen molar-refractivity contribution >= 4 is 96.4 Å². The van der Waals surface area contributed by atoms with E-state index in [-0.39, 0.29) is 73.9 Å². The Morgan fingerprint density at radius 2 is 1.46 bits per heavy atom. The van der Waals surface area contributed by atoms with Gasteiger partial charge in [-0.2, -0.15) is 0 Å². The first-order chi connectivity index (χ1) is 66.1. The van der Waals surface area contributed by atoms with E-state index in [9.17, 15) is 49.5 Å². The molecule has 24 rings (SSSR count). The molecule has 12 aliphatic heterocycles. The fourth-order valence-corrected chi connectivity index (χ4v) is 27.4. The van der Waals surface area contributed by atoms with Crippen LogP contribution in [0.5, 0.6) is 34.5 Å². The second kappa shape index (κ2) is 33.4. The molecule has 3 aromatic heterocycles. The Labute approximate surface area is 788 Å². The number of phenolic OH excluding ortho intramolecular Hbond substituents is 1. The number of amides is 2. The van der Waals surface area contributed by atoms with Crippen LogP contribution in [-0.4, -0.2) is 267 Å². The summed E-state index contributed by atoms with van der Waals surface area (Å²) in [5.41, 5.74) is 4.37. The van der Waals surface area contributed by atoms with Gasteiger partial charge in [-0.25, -0.2) is 4.79 Å². The minimum absolute atomic E-state index is 0.00357. The second-order valence-corrected chi connectivity index (χ2v) is 39.2. The number of H-pyrrole nitrogens is 1. The molecule has 6 saturated heterocycles. The average Bonchev–Trinajstić information content (AvgIpc) is 1.48. The van der Waals surface area contributed by atoms with Crippen LogP contribution in [0.1, 0.15) is 146 Å². The number of piperidine rings is 1. The molecule has 14 aliphatic rings. The Balaban J connectivity index is 0.000000124. The van der Waals surface area contributed by atoms with Crippen LogP contribution in [0.2, 0.25) is 0 Å². The van der Waals surface area contributed by atoms with E-state index in [0.29, 0.717) is 134 Å². The van der Waals surface area contributed by atoms with Crippen molar-refractivity contribution in [3.05, 3.63) is 172 Å². The molecule has 7 fully saturated rings. The lowest BCUT2D eigenvalue weighted by atomic mass is 9.47. The van der Waals surface area contributed by atoms with E-state index >= 15 is 4.79 Å². The molecular weight excluding hydrogens is 1770 g/mol. The lowest BCUT2D eigenvalue weighted by Gasteiger charge is -2.63. The molecule has 722 valence electrons. The van der Waals surface area contributed by atoms with Crippen LogP contribution in [0.25, 0.3) is 54.5 Å². The van der Waals surface area contributed by atoms with Gasteiger partial charge < -0.3 is 126 Å². The van der Waals surface area contributed by atoms with E-state index < -0.39 is 136 Å². The number of nitrogens with zero attached hydrogens (tertiary/aromatic N) is 5. The van der Waals surface area contributed by atoms with Gasteiger partial charge in [0.15, 0.2) is 47.4 Å².